The molecule has 2 heteroatoms. The molecule has 0 atom stereocenters. The zero-order valence-electron chi connectivity index (χ0n) is 8.33. The van der Waals surface area contributed by atoms with Crippen LogP contribution in [0.25, 0.3) is 10.9 Å². The molecule has 0 radical (unpaired) electrons. The van der Waals surface area contributed by atoms with Crippen LogP contribution in [-0.4, -0.2) is 30.0 Å². The van der Waals surface area contributed by atoms with Gasteiger partial charge in [-0.1, -0.05) is 18.2 Å². The zero-order valence-corrected chi connectivity index (χ0v) is 8.33. The number of aromatic amines is 1. The second kappa shape index (κ2) is 2.85. The number of H-pyrrole nitrogens is 1. The average molecular weight is 186 g/mol. The number of para-hydroxylation sites is 1. The topological polar surface area (TPSA) is 19.0 Å². The summed E-state index contributed by atoms with van der Waals surface area (Å²) in [5, 5.41) is 1.39. The number of likely N-dealkylation sites (N-methyl/N-ethyl adjacent to an activating group) is 1. The van der Waals surface area contributed by atoms with Crippen LogP contribution in [-0.2, 0) is 0 Å². The van der Waals surface area contributed by atoms with E-state index in [-0.39, 0.29) is 0 Å². The van der Waals surface area contributed by atoms with E-state index < -0.39 is 0 Å². The molecule has 2 nitrogen and oxygen atoms in total. The maximum Gasteiger partial charge on any atom is 0.0456 e. The molecule has 2 heterocycles. The molecule has 0 unspecified atom stereocenters. The van der Waals surface area contributed by atoms with Crippen molar-refractivity contribution in [1.82, 2.24) is 9.88 Å². The molecule has 2 aromatic rings. The molecule has 0 spiro atoms. The lowest BCUT2D eigenvalue weighted by Gasteiger charge is -2.36. The van der Waals surface area contributed by atoms with Gasteiger partial charge >= 0.3 is 0 Å². The quantitative estimate of drug-likeness (QED) is 0.723. The van der Waals surface area contributed by atoms with Crippen LogP contribution >= 0.6 is 0 Å². The zero-order chi connectivity index (χ0) is 9.54. The minimum atomic E-state index is 0.733. The highest BCUT2D eigenvalue weighted by molar-refractivity contribution is 5.83. The van der Waals surface area contributed by atoms with Gasteiger partial charge in [0, 0.05) is 36.1 Å². The Bertz CT molecular complexity index is 452. The Hall–Kier alpha value is -1.28. The molecule has 1 aliphatic heterocycles. The largest absolute Gasteiger partial charge is 0.361 e. The molecule has 3 rings (SSSR count). The van der Waals surface area contributed by atoms with Crippen molar-refractivity contribution in [1.29, 1.82) is 0 Å². The summed E-state index contributed by atoms with van der Waals surface area (Å²) in [6.45, 7) is 2.39. The van der Waals surface area contributed by atoms with E-state index in [0.29, 0.717) is 0 Å². The van der Waals surface area contributed by atoms with Crippen molar-refractivity contribution in [3.63, 3.8) is 0 Å². The van der Waals surface area contributed by atoms with Crippen LogP contribution in [0.4, 0.5) is 0 Å². The molecular formula is C12H14N2. The van der Waals surface area contributed by atoms with Gasteiger partial charge < -0.3 is 9.88 Å². The first kappa shape index (κ1) is 8.06. The summed E-state index contributed by atoms with van der Waals surface area (Å²) < 4.78 is 0. The number of hydrogen-bond donors (Lipinski definition) is 1. The van der Waals surface area contributed by atoms with E-state index in [1.165, 1.54) is 29.6 Å². The number of nitrogens with one attached hydrogen (secondary N) is 1. The van der Waals surface area contributed by atoms with Crippen molar-refractivity contribution < 1.29 is 0 Å². The predicted molar refractivity (Wildman–Crippen MR) is 58.5 cm³/mol. The van der Waals surface area contributed by atoms with Crippen LogP contribution in [0.3, 0.4) is 0 Å². The van der Waals surface area contributed by atoms with Gasteiger partial charge in [-0.25, -0.2) is 0 Å². The van der Waals surface area contributed by atoms with Gasteiger partial charge in [0.05, 0.1) is 0 Å². The third kappa shape index (κ3) is 1.07. The fourth-order valence-electron chi connectivity index (χ4n) is 2.33. The molecule has 1 saturated heterocycles. The standard InChI is InChI=1S/C12H14N2/c1-14-7-9(8-14)11-6-13-12-5-3-2-4-10(11)12/h2-6,9,13H,7-8H2,1H3. The fourth-order valence-corrected chi connectivity index (χ4v) is 2.33. The highest BCUT2D eigenvalue weighted by Gasteiger charge is 2.26. The smallest absolute Gasteiger partial charge is 0.0456 e. The monoisotopic (exact) mass is 186 g/mol. The van der Waals surface area contributed by atoms with Gasteiger partial charge in [-0.2, -0.15) is 0 Å². The molecule has 0 bridgehead atoms. The van der Waals surface area contributed by atoms with Gasteiger partial charge in [0.1, 0.15) is 0 Å². The van der Waals surface area contributed by atoms with Gasteiger partial charge in [0.2, 0.25) is 0 Å². The number of rotatable bonds is 1. The molecule has 1 aromatic carbocycles. The Morgan fingerprint density at radius 2 is 2.07 bits per heavy atom. The SMILES string of the molecule is CN1CC(c2c[nH]c3ccccc23)C1. The Balaban J connectivity index is 2.05. The van der Waals surface area contributed by atoms with E-state index in [0.717, 1.165) is 5.92 Å². The lowest BCUT2D eigenvalue weighted by molar-refractivity contribution is 0.190. The van der Waals surface area contributed by atoms with Crippen molar-refractivity contribution in [2.24, 2.45) is 0 Å². The second-order valence-corrected chi connectivity index (χ2v) is 4.21. The Morgan fingerprint density at radius 1 is 1.29 bits per heavy atom. The van der Waals surface area contributed by atoms with E-state index in [4.69, 9.17) is 0 Å². The van der Waals surface area contributed by atoms with Crippen LogP contribution in [0.5, 0.6) is 0 Å². The van der Waals surface area contributed by atoms with E-state index in [2.05, 4.69) is 47.4 Å². The maximum absolute atomic E-state index is 3.33. The van der Waals surface area contributed by atoms with Crippen LogP contribution in [0.1, 0.15) is 11.5 Å². The van der Waals surface area contributed by atoms with Gasteiger partial charge in [-0.15, -0.1) is 0 Å². The average Bonchev–Trinajstić information content (AvgIpc) is 2.56. The summed E-state index contributed by atoms with van der Waals surface area (Å²) in [6.07, 6.45) is 2.17. The summed E-state index contributed by atoms with van der Waals surface area (Å²) in [5.74, 6) is 0.733. The van der Waals surface area contributed by atoms with Gasteiger partial charge in [-0.05, 0) is 18.7 Å². The molecule has 0 saturated carbocycles. The number of likely N-dealkylation sites (tertiary alicyclic amines) is 1. The Kier molecular flexibility index (Phi) is 1.64. The highest BCUT2D eigenvalue weighted by atomic mass is 15.2. The van der Waals surface area contributed by atoms with Crippen molar-refractivity contribution >= 4 is 10.9 Å². The van der Waals surface area contributed by atoms with Crippen LogP contribution in [0.15, 0.2) is 30.5 Å². The third-order valence-corrected chi connectivity index (χ3v) is 3.13. The second-order valence-electron chi connectivity index (χ2n) is 4.21. The van der Waals surface area contributed by atoms with E-state index in [1.807, 2.05) is 0 Å². The van der Waals surface area contributed by atoms with Gasteiger partial charge in [0.15, 0.2) is 0 Å². The molecule has 0 aliphatic carbocycles. The van der Waals surface area contributed by atoms with E-state index in [1.54, 1.807) is 0 Å². The first-order valence-corrected chi connectivity index (χ1v) is 5.09. The summed E-state index contributed by atoms with van der Waals surface area (Å²) in [6, 6.07) is 8.54. The first-order valence-electron chi connectivity index (χ1n) is 5.09. The van der Waals surface area contributed by atoms with Crippen LogP contribution < -0.4 is 0 Å². The van der Waals surface area contributed by atoms with Crippen molar-refractivity contribution in [2.45, 2.75) is 5.92 Å². The van der Waals surface area contributed by atoms with Crippen molar-refractivity contribution in [2.75, 3.05) is 20.1 Å². The predicted octanol–water partition coefficient (Wildman–Crippen LogP) is 2.20. The van der Waals surface area contributed by atoms with E-state index >= 15 is 0 Å². The lowest BCUT2D eigenvalue weighted by atomic mass is 9.92. The number of fused-ring (bicyclic) bond motifs is 1. The normalized spacial score (nSPS) is 18.6. The summed E-state index contributed by atoms with van der Waals surface area (Å²) in [4.78, 5) is 5.69. The van der Waals surface area contributed by atoms with E-state index in [9.17, 15) is 0 Å². The Labute approximate surface area is 83.5 Å². The maximum atomic E-state index is 3.33. The molecule has 1 N–H and O–H groups in total. The highest BCUT2D eigenvalue weighted by Crippen LogP contribution is 2.31. The number of nitrogens with zero attached hydrogens (tertiary/aromatic N) is 1. The summed E-state index contributed by atoms with van der Waals surface area (Å²) >= 11 is 0. The lowest BCUT2D eigenvalue weighted by Crippen LogP contribution is -2.41. The molecule has 0 amide bonds. The third-order valence-electron chi connectivity index (χ3n) is 3.13. The number of hydrogen-bond acceptors (Lipinski definition) is 1. The van der Waals surface area contributed by atoms with Crippen LogP contribution in [0, 0.1) is 0 Å². The molecular weight excluding hydrogens is 172 g/mol. The fraction of sp³-hybridized carbons (Fsp3) is 0.333. The van der Waals surface area contributed by atoms with Gasteiger partial charge in [-0.3, -0.25) is 0 Å². The molecule has 1 aromatic heterocycles. The van der Waals surface area contributed by atoms with Crippen molar-refractivity contribution in [3.05, 3.63) is 36.0 Å². The number of benzene rings is 1. The molecule has 1 fully saturated rings. The number of aromatic nitrogens is 1. The molecule has 14 heavy (non-hydrogen) atoms. The molecule has 1 aliphatic rings. The Morgan fingerprint density at radius 3 is 2.86 bits per heavy atom. The van der Waals surface area contributed by atoms with Crippen LogP contribution in [0.2, 0.25) is 0 Å². The first-order chi connectivity index (χ1) is 6.84. The minimum Gasteiger partial charge on any atom is -0.361 e. The van der Waals surface area contributed by atoms with Crippen molar-refractivity contribution in [3.8, 4) is 0 Å². The summed E-state index contributed by atoms with van der Waals surface area (Å²) in [7, 11) is 2.17. The van der Waals surface area contributed by atoms with Gasteiger partial charge in [0.25, 0.3) is 0 Å². The minimum absolute atomic E-state index is 0.733. The molecule has 72 valence electrons. The summed E-state index contributed by atoms with van der Waals surface area (Å²) in [5.41, 5.74) is 2.75.